The molecule has 0 spiro atoms. The first-order chi connectivity index (χ1) is 12.0. The maximum absolute atomic E-state index is 6.01. The molecule has 4 rings (SSSR count). The van der Waals surface area contributed by atoms with Crippen LogP contribution >= 0.6 is 15.9 Å². The number of rotatable bonds is 4. The number of nitrogens with zero attached hydrogens (tertiary/aromatic N) is 1. The molecule has 1 aliphatic rings. The largest absolute Gasteiger partial charge is 0.492 e. The van der Waals surface area contributed by atoms with Crippen LogP contribution in [0.5, 0.6) is 5.75 Å². The first-order valence-electron chi connectivity index (χ1n) is 8.78. The van der Waals surface area contributed by atoms with Crippen molar-refractivity contribution >= 4 is 32.5 Å². The van der Waals surface area contributed by atoms with Crippen LogP contribution in [0.25, 0.3) is 10.9 Å². The summed E-state index contributed by atoms with van der Waals surface area (Å²) in [5.41, 5.74) is 4.12. The highest BCUT2D eigenvalue weighted by molar-refractivity contribution is 9.10. The lowest BCUT2D eigenvalue weighted by Crippen LogP contribution is -2.39. The van der Waals surface area contributed by atoms with Gasteiger partial charge in [0.15, 0.2) is 0 Å². The summed E-state index contributed by atoms with van der Waals surface area (Å²) in [5, 5.41) is 1.19. The molecule has 1 N–H and O–H groups in total. The second-order valence-corrected chi connectivity index (χ2v) is 8.27. The number of anilines is 1. The SMILES string of the molecule is CC1(C)CCN(CCOc2ccc3[nH]ccc3c2)c2ccc(Br)cc21. The van der Waals surface area contributed by atoms with E-state index in [1.807, 2.05) is 12.3 Å². The van der Waals surface area contributed by atoms with Gasteiger partial charge in [0.1, 0.15) is 12.4 Å². The Morgan fingerprint density at radius 1 is 1.16 bits per heavy atom. The van der Waals surface area contributed by atoms with Crippen molar-refractivity contribution in [2.24, 2.45) is 0 Å². The van der Waals surface area contributed by atoms with Gasteiger partial charge in [0.25, 0.3) is 0 Å². The zero-order valence-corrected chi connectivity index (χ0v) is 16.3. The summed E-state index contributed by atoms with van der Waals surface area (Å²) in [5.74, 6) is 0.931. The molecule has 1 aliphatic heterocycles. The molecule has 0 amide bonds. The van der Waals surface area contributed by atoms with Crippen molar-refractivity contribution in [3.63, 3.8) is 0 Å². The third kappa shape index (κ3) is 3.28. The minimum absolute atomic E-state index is 0.218. The highest BCUT2D eigenvalue weighted by Crippen LogP contribution is 2.40. The highest BCUT2D eigenvalue weighted by atomic mass is 79.9. The van der Waals surface area contributed by atoms with Gasteiger partial charge in [-0.2, -0.15) is 0 Å². The molecule has 3 nitrogen and oxygen atoms in total. The van der Waals surface area contributed by atoms with Gasteiger partial charge in [-0.05, 0) is 59.9 Å². The van der Waals surface area contributed by atoms with Crippen molar-refractivity contribution in [3.8, 4) is 5.75 Å². The van der Waals surface area contributed by atoms with Crippen LogP contribution < -0.4 is 9.64 Å². The maximum Gasteiger partial charge on any atom is 0.120 e. The molecular formula is C21H23BrN2O. The van der Waals surface area contributed by atoms with Crippen LogP contribution in [0.1, 0.15) is 25.8 Å². The van der Waals surface area contributed by atoms with Crippen molar-refractivity contribution in [1.29, 1.82) is 0 Å². The minimum Gasteiger partial charge on any atom is -0.492 e. The molecule has 0 atom stereocenters. The van der Waals surface area contributed by atoms with E-state index in [1.165, 1.54) is 16.6 Å². The van der Waals surface area contributed by atoms with Gasteiger partial charge in [0.05, 0.1) is 6.54 Å². The smallest absolute Gasteiger partial charge is 0.120 e. The van der Waals surface area contributed by atoms with Crippen LogP contribution in [0.4, 0.5) is 5.69 Å². The van der Waals surface area contributed by atoms with Crippen LogP contribution in [0.2, 0.25) is 0 Å². The third-order valence-electron chi connectivity index (χ3n) is 5.19. The average molecular weight is 399 g/mol. The van der Waals surface area contributed by atoms with E-state index >= 15 is 0 Å². The Balaban J connectivity index is 1.46. The van der Waals surface area contributed by atoms with Crippen LogP contribution in [0.15, 0.2) is 53.1 Å². The fourth-order valence-electron chi connectivity index (χ4n) is 3.62. The Bertz CT molecular complexity index is 900. The number of halogens is 1. The molecule has 4 heteroatoms. The normalized spacial score (nSPS) is 16.0. The number of hydrogen-bond donors (Lipinski definition) is 1. The Morgan fingerprint density at radius 2 is 2.04 bits per heavy atom. The Kier molecular flexibility index (Phi) is 4.24. The van der Waals surface area contributed by atoms with E-state index in [1.54, 1.807) is 0 Å². The molecule has 3 aromatic rings. The van der Waals surface area contributed by atoms with Crippen molar-refractivity contribution in [3.05, 3.63) is 58.7 Å². The monoisotopic (exact) mass is 398 g/mol. The van der Waals surface area contributed by atoms with E-state index in [0.29, 0.717) is 6.61 Å². The summed E-state index contributed by atoms with van der Waals surface area (Å²) in [6.45, 7) is 7.32. The van der Waals surface area contributed by atoms with Crippen LogP contribution in [-0.4, -0.2) is 24.7 Å². The van der Waals surface area contributed by atoms with Gasteiger partial charge in [-0.25, -0.2) is 0 Å². The summed E-state index contributed by atoms with van der Waals surface area (Å²) in [6.07, 6.45) is 3.12. The van der Waals surface area contributed by atoms with Crippen LogP contribution in [0.3, 0.4) is 0 Å². The van der Waals surface area contributed by atoms with Crippen molar-refractivity contribution in [2.75, 3.05) is 24.6 Å². The molecule has 1 aromatic heterocycles. The van der Waals surface area contributed by atoms with E-state index in [-0.39, 0.29) is 5.41 Å². The number of aromatic amines is 1. The fraction of sp³-hybridized carbons (Fsp3) is 0.333. The topological polar surface area (TPSA) is 28.3 Å². The summed E-state index contributed by atoms with van der Waals surface area (Å²) in [6, 6.07) is 14.9. The molecule has 0 radical (unpaired) electrons. The van der Waals surface area contributed by atoms with E-state index in [4.69, 9.17) is 4.74 Å². The lowest BCUT2D eigenvalue weighted by atomic mass is 9.78. The summed E-state index contributed by atoms with van der Waals surface area (Å²) >= 11 is 3.62. The summed E-state index contributed by atoms with van der Waals surface area (Å²) in [4.78, 5) is 5.66. The molecular weight excluding hydrogens is 376 g/mol. The van der Waals surface area contributed by atoms with Crippen LogP contribution in [-0.2, 0) is 5.41 Å². The number of nitrogens with one attached hydrogen (secondary N) is 1. The van der Waals surface area contributed by atoms with Gasteiger partial charge in [-0.3, -0.25) is 0 Å². The second-order valence-electron chi connectivity index (χ2n) is 7.36. The van der Waals surface area contributed by atoms with Crippen molar-refractivity contribution < 1.29 is 4.74 Å². The fourth-order valence-corrected chi connectivity index (χ4v) is 3.98. The molecule has 0 saturated carbocycles. The lowest BCUT2D eigenvalue weighted by molar-refractivity contribution is 0.319. The van der Waals surface area contributed by atoms with Gasteiger partial charge in [0, 0.05) is 33.8 Å². The molecule has 130 valence electrons. The van der Waals surface area contributed by atoms with Crippen molar-refractivity contribution in [1.82, 2.24) is 4.98 Å². The van der Waals surface area contributed by atoms with E-state index in [9.17, 15) is 0 Å². The lowest BCUT2D eigenvalue weighted by Gasteiger charge is -2.40. The Labute approximate surface area is 157 Å². The number of fused-ring (bicyclic) bond motifs is 2. The molecule has 0 bridgehead atoms. The van der Waals surface area contributed by atoms with Gasteiger partial charge in [-0.1, -0.05) is 29.8 Å². The van der Waals surface area contributed by atoms with Gasteiger partial charge >= 0.3 is 0 Å². The predicted octanol–water partition coefficient (Wildman–Crippen LogP) is 5.50. The summed E-state index contributed by atoms with van der Waals surface area (Å²) in [7, 11) is 0. The van der Waals surface area contributed by atoms with E-state index in [2.05, 4.69) is 76.1 Å². The zero-order chi connectivity index (χ0) is 17.4. The summed E-state index contributed by atoms with van der Waals surface area (Å²) < 4.78 is 7.16. The van der Waals surface area contributed by atoms with Gasteiger partial charge in [-0.15, -0.1) is 0 Å². The standard InChI is InChI=1S/C21H23BrN2O/c1-21(2)8-10-24(20-6-3-16(22)14-18(20)21)11-12-25-17-4-5-19-15(13-17)7-9-23-19/h3-7,9,13-14,23H,8,10-12H2,1-2H3. The number of benzene rings is 2. The molecule has 0 fully saturated rings. The number of aromatic nitrogens is 1. The quantitative estimate of drug-likeness (QED) is 0.628. The molecule has 25 heavy (non-hydrogen) atoms. The number of H-pyrrole nitrogens is 1. The molecule has 0 saturated heterocycles. The molecule has 2 heterocycles. The Morgan fingerprint density at radius 3 is 2.92 bits per heavy atom. The number of hydrogen-bond acceptors (Lipinski definition) is 2. The first kappa shape index (κ1) is 16.5. The zero-order valence-electron chi connectivity index (χ0n) is 14.7. The first-order valence-corrected chi connectivity index (χ1v) is 9.57. The Hall–Kier alpha value is -1.94. The molecule has 2 aromatic carbocycles. The van der Waals surface area contributed by atoms with E-state index < -0.39 is 0 Å². The average Bonchev–Trinajstić information content (AvgIpc) is 3.05. The predicted molar refractivity (Wildman–Crippen MR) is 108 cm³/mol. The second kappa shape index (κ2) is 6.41. The number of ether oxygens (including phenoxy) is 1. The highest BCUT2D eigenvalue weighted by Gasteiger charge is 2.31. The molecule has 0 unspecified atom stereocenters. The van der Waals surface area contributed by atoms with E-state index in [0.717, 1.165) is 35.2 Å². The van der Waals surface area contributed by atoms with Gasteiger partial charge in [0.2, 0.25) is 0 Å². The third-order valence-corrected chi connectivity index (χ3v) is 5.68. The maximum atomic E-state index is 6.01. The minimum atomic E-state index is 0.218. The van der Waals surface area contributed by atoms with Crippen LogP contribution in [0, 0.1) is 0 Å². The molecule has 0 aliphatic carbocycles. The van der Waals surface area contributed by atoms with Gasteiger partial charge < -0.3 is 14.6 Å². The van der Waals surface area contributed by atoms with Crippen molar-refractivity contribution in [2.45, 2.75) is 25.7 Å².